The van der Waals surface area contributed by atoms with Gasteiger partial charge < -0.3 is 15.4 Å². The molecule has 0 aromatic carbocycles. The van der Waals surface area contributed by atoms with Gasteiger partial charge in [-0.1, -0.05) is 63.7 Å². The van der Waals surface area contributed by atoms with Crippen molar-refractivity contribution in [1.29, 1.82) is 0 Å². The molecule has 2 rings (SSSR count). The van der Waals surface area contributed by atoms with E-state index in [0.717, 1.165) is 0 Å². The number of carbonyl (C=O) groups is 3. The third-order valence-corrected chi connectivity index (χ3v) is 6.49. The van der Waals surface area contributed by atoms with E-state index in [2.05, 4.69) is 84.3 Å². The Labute approximate surface area is 219 Å². The molecule has 0 aliphatic carbocycles. The maximum Gasteiger partial charge on any atom is 0.330 e. The van der Waals surface area contributed by atoms with Crippen LogP contribution in [0.25, 0.3) is 0 Å². The molecule has 0 saturated carbocycles. The second-order valence-electron chi connectivity index (χ2n) is 6.47. The Hall–Kier alpha value is -1.37. The molecule has 2 heterocycles. The van der Waals surface area contributed by atoms with Crippen LogP contribution in [0.2, 0.25) is 0 Å². The summed E-state index contributed by atoms with van der Waals surface area (Å²) in [6.45, 7) is -0.144. The molecule has 0 aliphatic rings. The maximum atomic E-state index is 12.8. The number of rotatable bonds is 10. The first kappa shape index (κ1) is 26.9. The van der Waals surface area contributed by atoms with Crippen LogP contribution in [0.1, 0.15) is 43.5 Å². The van der Waals surface area contributed by atoms with Crippen molar-refractivity contribution in [3.8, 4) is 0 Å². The number of hydrogen-bond donors (Lipinski definition) is 2. The van der Waals surface area contributed by atoms with Gasteiger partial charge in [0.25, 0.3) is 11.8 Å². The predicted molar refractivity (Wildman–Crippen MR) is 135 cm³/mol. The predicted octanol–water partition coefficient (Wildman–Crippen LogP) is 3.76. The minimum absolute atomic E-state index is 0.144. The van der Waals surface area contributed by atoms with Crippen molar-refractivity contribution in [2.75, 3.05) is 13.7 Å². The van der Waals surface area contributed by atoms with Crippen molar-refractivity contribution in [2.45, 2.75) is 27.4 Å². The number of carbonyl (C=O) groups excluding carboxylic acids is 3. The highest BCUT2D eigenvalue weighted by atomic mass is 79.9. The lowest BCUT2D eigenvalue weighted by molar-refractivity contribution is -0.142. The van der Waals surface area contributed by atoms with Gasteiger partial charge in [-0.3, -0.25) is 19.6 Å². The lowest BCUT2D eigenvalue weighted by Crippen LogP contribution is -2.49. The van der Waals surface area contributed by atoms with Crippen LogP contribution in [0.5, 0.6) is 0 Å². The Morgan fingerprint density at radius 1 is 0.812 bits per heavy atom. The van der Waals surface area contributed by atoms with Crippen LogP contribution in [0.15, 0.2) is 24.3 Å². The molecular weight excluding hydrogens is 680 g/mol. The lowest BCUT2D eigenvalue weighted by atomic mass is 10.1. The van der Waals surface area contributed by atoms with Crippen LogP contribution in [-0.2, 0) is 30.9 Å². The molecule has 2 aromatic rings. The van der Waals surface area contributed by atoms with E-state index >= 15 is 0 Å². The van der Waals surface area contributed by atoms with Crippen molar-refractivity contribution >= 4 is 81.5 Å². The first-order valence-corrected chi connectivity index (χ1v) is 13.7. The highest BCUT2D eigenvalue weighted by molar-refractivity contribution is 9.09. The molecule has 0 bridgehead atoms. The minimum Gasteiger partial charge on any atom is -0.467 e. The number of hydrogen-bond acceptors (Lipinski definition) is 6. The number of methoxy groups -OCH3 is 1. The first-order chi connectivity index (χ1) is 15.3. The van der Waals surface area contributed by atoms with E-state index in [-0.39, 0.29) is 6.54 Å². The van der Waals surface area contributed by atoms with Gasteiger partial charge in [0.15, 0.2) is 0 Å². The fourth-order valence-corrected chi connectivity index (χ4v) is 3.86. The van der Waals surface area contributed by atoms with Gasteiger partial charge in [-0.15, -0.1) is 0 Å². The molecule has 1 atom stereocenters. The molecule has 32 heavy (non-hydrogen) atoms. The summed E-state index contributed by atoms with van der Waals surface area (Å²) in [6.07, 6.45) is 0. The Morgan fingerprint density at radius 3 is 1.59 bits per heavy atom. The first-order valence-electron chi connectivity index (χ1n) is 9.25. The smallest absolute Gasteiger partial charge is 0.330 e. The number of nitrogens with one attached hydrogen (secondary N) is 2. The molecule has 0 saturated heterocycles. The zero-order valence-corrected chi connectivity index (χ0v) is 23.3. The van der Waals surface area contributed by atoms with E-state index in [9.17, 15) is 14.4 Å². The Balaban J connectivity index is 2.15. The molecule has 0 radical (unpaired) electrons. The van der Waals surface area contributed by atoms with E-state index in [1.54, 1.807) is 24.3 Å². The van der Waals surface area contributed by atoms with E-state index < -0.39 is 23.8 Å². The summed E-state index contributed by atoms with van der Waals surface area (Å²) in [5.41, 5.74) is 3.51. The van der Waals surface area contributed by atoms with Gasteiger partial charge in [0.1, 0.15) is 6.04 Å². The van der Waals surface area contributed by atoms with Gasteiger partial charge in [-0.25, -0.2) is 4.79 Å². The summed E-state index contributed by atoms with van der Waals surface area (Å²) in [4.78, 5) is 46.4. The number of alkyl halides is 4. The van der Waals surface area contributed by atoms with Gasteiger partial charge in [0, 0.05) is 39.0 Å². The highest BCUT2D eigenvalue weighted by Crippen LogP contribution is 2.13. The molecule has 0 spiro atoms. The highest BCUT2D eigenvalue weighted by Gasteiger charge is 2.24. The quantitative estimate of drug-likeness (QED) is 0.289. The second kappa shape index (κ2) is 13.4. The fraction of sp³-hybridized carbons (Fsp3) is 0.350. The van der Waals surface area contributed by atoms with Crippen LogP contribution >= 0.6 is 63.7 Å². The molecule has 2 aromatic heterocycles. The average molecular weight is 700 g/mol. The summed E-state index contributed by atoms with van der Waals surface area (Å²) in [5.74, 6) is -1.55. The van der Waals surface area contributed by atoms with Crippen molar-refractivity contribution in [2.24, 2.45) is 0 Å². The Kier molecular flexibility index (Phi) is 11.2. The molecule has 0 fully saturated rings. The number of pyridine rings is 2. The number of amides is 2. The molecular formula is C20H20Br4N4O4. The third-order valence-electron chi connectivity index (χ3n) is 4.19. The monoisotopic (exact) mass is 696 g/mol. The summed E-state index contributed by atoms with van der Waals surface area (Å²) in [6, 6.07) is 5.50. The third kappa shape index (κ3) is 7.60. The van der Waals surface area contributed by atoms with Gasteiger partial charge in [-0.2, -0.15) is 0 Å². The zero-order chi connectivity index (χ0) is 23.7. The van der Waals surface area contributed by atoms with E-state index in [0.29, 0.717) is 55.2 Å². The SMILES string of the molecule is COC(=O)C(CNC(=O)c1cc(CBr)nc(CBr)c1)NC(=O)c1cc(CBr)nc(CBr)c1. The van der Waals surface area contributed by atoms with Crippen molar-refractivity contribution in [1.82, 2.24) is 20.6 Å². The molecule has 12 heteroatoms. The lowest BCUT2D eigenvalue weighted by Gasteiger charge is -2.18. The van der Waals surface area contributed by atoms with Crippen LogP contribution in [0.4, 0.5) is 0 Å². The Bertz CT molecular complexity index is 946. The molecule has 0 aliphatic heterocycles. The van der Waals surface area contributed by atoms with E-state index in [1.165, 1.54) is 7.11 Å². The molecule has 2 N–H and O–H groups in total. The number of halogens is 4. The van der Waals surface area contributed by atoms with Crippen molar-refractivity contribution in [3.05, 3.63) is 58.2 Å². The number of esters is 1. The van der Waals surface area contributed by atoms with Crippen LogP contribution in [0, 0.1) is 0 Å². The summed E-state index contributed by atoms with van der Waals surface area (Å²) < 4.78 is 4.80. The van der Waals surface area contributed by atoms with Crippen LogP contribution < -0.4 is 10.6 Å². The normalized spacial score (nSPS) is 11.5. The van der Waals surface area contributed by atoms with Crippen LogP contribution in [-0.4, -0.2) is 47.4 Å². The van der Waals surface area contributed by atoms with Crippen molar-refractivity contribution < 1.29 is 19.1 Å². The van der Waals surface area contributed by atoms with Gasteiger partial charge >= 0.3 is 5.97 Å². The largest absolute Gasteiger partial charge is 0.467 e. The summed E-state index contributed by atoms with van der Waals surface area (Å²) in [7, 11) is 1.22. The van der Waals surface area contributed by atoms with Gasteiger partial charge in [0.2, 0.25) is 0 Å². The van der Waals surface area contributed by atoms with Gasteiger partial charge in [0.05, 0.1) is 29.9 Å². The standard InChI is InChI=1S/C20H20Br4N4O4/c1-32-20(31)17(28-19(30)12-4-15(8-23)27-16(5-12)9-24)10-25-18(29)11-2-13(6-21)26-14(3-11)7-22/h2-5,17H,6-10H2,1H3,(H,25,29)(H,28,30). The number of ether oxygens (including phenoxy) is 1. The molecule has 1 unspecified atom stereocenters. The molecule has 172 valence electrons. The minimum atomic E-state index is -1.07. The van der Waals surface area contributed by atoms with E-state index in [4.69, 9.17) is 4.74 Å². The molecule has 8 nitrogen and oxygen atoms in total. The Morgan fingerprint density at radius 2 is 1.22 bits per heavy atom. The molecule has 2 amide bonds. The van der Waals surface area contributed by atoms with Crippen molar-refractivity contribution in [3.63, 3.8) is 0 Å². The number of nitrogens with zero attached hydrogens (tertiary/aromatic N) is 2. The fourth-order valence-electron chi connectivity index (χ4n) is 2.71. The number of aromatic nitrogens is 2. The van der Waals surface area contributed by atoms with Crippen LogP contribution in [0.3, 0.4) is 0 Å². The summed E-state index contributed by atoms with van der Waals surface area (Å²) in [5, 5.41) is 7.24. The second-order valence-corrected chi connectivity index (χ2v) is 8.71. The topological polar surface area (TPSA) is 110 Å². The zero-order valence-electron chi connectivity index (χ0n) is 17.0. The maximum absolute atomic E-state index is 12.8. The van der Waals surface area contributed by atoms with Gasteiger partial charge in [-0.05, 0) is 24.3 Å². The van der Waals surface area contributed by atoms with E-state index in [1.807, 2.05) is 0 Å². The summed E-state index contributed by atoms with van der Waals surface area (Å²) >= 11 is 13.3. The average Bonchev–Trinajstić information content (AvgIpc) is 2.84.